The molecule has 0 bridgehead atoms. The van der Waals surface area contributed by atoms with Gasteiger partial charge in [0.2, 0.25) is 0 Å². The lowest BCUT2D eigenvalue weighted by Gasteiger charge is -2.08. The monoisotopic (exact) mass is 140 g/mol. The Morgan fingerprint density at radius 1 is 1.30 bits per heavy atom. The van der Waals surface area contributed by atoms with Gasteiger partial charge in [-0.1, -0.05) is 26.0 Å². The topological polar surface area (TPSA) is 54.5 Å². The molecule has 56 valence electrons. The van der Waals surface area contributed by atoms with E-state index in [0.29, 0.717) is 11.8 Å². The standard InChI is InChI=1S/C6H12N4/c1-4(2)5(3)6-7-9-10-8-6/h4-5H,1-3H3,(H,7,8,9,10)/t5-/m1/s1. The number of tetrazole rings is 1. The molecule has 1 aromatic heterocycles. The minimum atomic E-state index is 0.388. The molecule has 1 N–H and O–H groups in total. The minimum Gasteiger partial charge on any atom is -0.177 e. The molecule has 0 saturated heterocycles. The van der Waals surface area contributed by atoms with Gasteiger partial charge in [-0.2, -0.15) is 5.21 Å². The number of hydrogen-bond acceptors (Lipinski definition) is 3. The molecule has 0 aliphatic rings. The van der Waals surface area contributed by atoms with Crippen molar-refractivity contribution in [3.05, 3.63) is 5.82 Å². The maximum absolute atomic E-state index is 3.89. The van der Waals surface area contributed by atoms with Gasteiger partial charge in [0.15, 0.2) is 5.82 Å². The van der Waals surface area contributed by atoms with Crippen LogP contribution >= 0.6 is 0 Å². The van der Waals surface area contributed by atoms with E-state index in [1.807, 2.05) is 0 Å². The van der Waals surface area contributed by atoms with Gasteiger partial charge in [0.25, 0.3) is 0 Å². The zero-order valence-corrected chi connectivity index (χ0v) is 6.50. The van der Waals surface area contributed by atoms with E-state index < -0.39 is 0 Å². The molecule has 0 aliphatic heterocycles. The highest BCUT2D eigenvalue weighted by Crippen LogP contribution is 2.18. The third kappa shape index (κ3) is 1.32. The first-order valence-corrected chi connectivity index (χ1v) is 3.45. The second kappa shape index (κ2) is 2.77. The van der Waals surface area contributed by atoms with Gasteiger partial charge in [0, 0.05) is 5.92 Å². The summed E-state index contributed by atoms with van der Waals surface area (Å²) in [7, 11) is 0. The molecule has 0 spiro atoms. The van der Waals surface area contributed by atoms with E-state index in [4.69, 9.17) is 0 Å². The fourth-order valence-corrected chi connectivity index (χ4v) is 0.661. The molecule has 0 aliphatic carbocycles. The van der Waals surface area contributed by atoms with Crippen LogP contribution in [0.5, 0.6) is 0 Å². The quantitative estimate of drug-likeness (QED) is 0.665. The highest BCUT2D eigenvalue weighted by molar-refractivity contribution is 4.88. The van der Waals surface area contributed by atoms with Crippen molar-refractivity contribution in [1.29, 1.82) is 0 Å². The zero-order chi connectivity index (χ0) is 7.56. The van der Waals surface area contributed by atoms with Crippen molar-refractivity contribution in [3.8, 4) is 0 Å². The Bertz CT molecular complexity index is 180. The summed E-state index contributed by atoms with van der Waals surface area (Å²) >= 11 is 0. The van der Waals surface area contributed by atoms with Crippen LogP contribution in [0.25, 0.3) is 0 Å². The van der Waals surface area contributed by atoms with Gasteiger partial charge < -0.3 is 0 Å². The number of H-pyrrole nitrogens is 1. The Kier molecular flexibility index (Phi) is 1.99. The number of rotatable bonds is 2. The fraction of sp³-hybridized carbons (Fsp3) is 0.833. The van der Waals surface area contributed by atoms with Gasteiger partial charge in [-0.3, -0.25) is 0 Å². The molecular weight excluding hydrogens is 128 g/mol. The molecule has 0 fully saturated rings. The van der Waals surface area contributed by atoms with Gasteiger partial charge in [-0.05, 0) is 5.92 Å². The molecule has 0 aromatic carbocycles. The van der Waals surface area contributed by atoms with E-state index in [0.717, 1.165) is 5.82 Å². The highest BCUT2D eigenvalue weighted by atomic mass is 15.5. The molecule has 0 unspecified atom stereocenters. The van der Waals surface area contributed by atoms with Gasteiger partial charge in [0.1, 0.15) is 0 Å². The van der Waals surface area contributed by atoms with Gasteiger partial charge >= 0.3 is 0 Å². The number of nitrogens with zero attached hydrogens (tertiary/aromatic N) is 3. The van der Waals surface area contributed by atoms with E-state index >= 15 is 0 Å². The Hall–Kier alpha value is -0.930. The Labute approximate surface area is 60.0 Å². The van der Waals surface area contributed by atoms with E-state index in [1.165, 1.54) is 0 Å². The Morgan fingerprint density at radius 2 is 2.00 bits per heavy atom. The molecule has 10 heavy (non-hydrogen) atoms. The van der Waals surface area contributed by atoms with Crippen LogP contribution in [0.15, 0.2) is 0 Å². The van der Waals surface area contributed by atoms with Crippen LogP contribution in [-0.2, 0) is 0 Å². The van der Waals surface area contributed by atoms with Crippen LogP contribution in [0.4, 0.5) is 0 Å². The lowest BCUT2D eigenvalue weighted by molar-refractivity contribution is 0.511. The van der Waals surface area contributed by atoms with Gasteiger partial charge in [0.05, 0.1) is 0 Å². The molecule has 1 atom stereocenters. The molecular formula is C6H12N4. The summed E-state index contributed by atoms with van der Waals surface area (Å²) in [5, 5.41) is 13.7. The first-order chi connectivity index (χ1) is 4.72. The maximum Gasteiger partial charge on any atom is 0.177 e. The number of nitrogens with one attached hydrogen (secondary N) is 1. The first-order valence-electron chi connectivity index (χ1n) is 3.45. The van der Waals surface area contributed by atoms with Crippen LogP contribution in [0, 0.1) is 5.92 Å². The van der Waals surface area contributed by atoms with Crippen molar-refractivity contribution in [2.45, 2.75) is 26.7 Å². The summed E-state index contributed by atoms with van der Waals surface area (Å²) in [6.45, 7) is 6.37. The van der Waals surface area contributed by atoms with Crippen LogP contribution < -0.4 is 0 Å². The highest BCUT2D eigenvalue weighted by Gasteiger charge is 2.13. The molecule has 0 saturated carbocycles. The van der Waals surface area contributed by atoms with Crippen molar-refractivity contribution in [2.24, 2.45) is 5.92 Å². The van der Waals surface area contributed by atoms with Crippen LogP contribution in [0.2, 0.25) is 0 Å². The van der Waals surface area contributed by atoms with Gasteiger partial charge in [-0.25, -0.2) is 0 Å². The normalized spacial score (nSPS) is 14.0. The molecule has 4 heteroatoms. The molecule has 0 radical (unpaired) electrons. The summed E-state index contributed by atoms with van der Waals surface area (Å²) in [6.07, 6.45) is 0. The average Bonchev–Trinajstić information content (AvgIpc) is 2.36. The van der Waals surface area contributed by atoms with Crippen molar-refractivity contribution in [3.63, 3.8) is 0 Å². The third-order valence-corrected chi connectivity index (χ3v) is 1.77. The summed E-state index contributed by atoms with van der Waals surface area (Å²) < 4.78 is 0. The van der Waals surface area contributed by atoms with Crippen LogP contribution in [0.3, 0.4) is 0 Å². The molecule has 1 heterocycles. The molecule has 1 aromatic rings. The second-order valence-corrected chi connectivity index (χ2v) is 2.80. The van der Waals surface area contributed by atoms with Crippen molar-refractivity contribution in [1.82, 2.24) is 20.6 Å². The summed E-state index contributed by atoms with van der Waals surface area (Å²) in [5.41, 5.74) is 0. The smallest absolute Gasteiger partial charge is 0.177 e. The van der Waals surface area contributed by atoms with Crippen LogP contribution in [-0.4, -0.2) is 20.6 Å². The van der Waals surface area contributed by atoms with E-state index in [9.17, 15) is 0 Å². The summed E-state index contributed by atoms with van der Waals surface area (Å²) in [5.74, 6) is 1.76. The molecule has 4 nitrogen and oxygen atoms in total. The predicted octanol–water partition coefficient (Wildman–Crippen LogP) is 0.959. The largest absolute Gasteiger partial charge is 0.177 e. The van der Waals surface area contributed by atoms with Crippen LogP contribution in [0.1, 0.15) is 32.5 Å². The maximum atomic E-state index is 3.89. The van der Waals surface area contributed by atoms with Crippen molar-refractivity contribution >= 4 is 0 Å². The third-order valence-electron chi connectivity index (χ3n) is 1.77. The van der Waals surface area contributed by atoms with E-state index in [2.05, 4.69) is 41.4 Å². The fourth-order valence-electron chi connectivity index (χ4n) is 0.661. The predicted molar refractivity (Wildman–Crippen MR) is 37.4 cm³/mol. The lowest BCUT2D eigenvalue weighted by atomic mass is 9.98. The SMILES string of the molecule is CC(C)[C@@H](C)c1nn[nH]n1. The number of aromatic nitrogens is 4. The average molecular weight is 140 g/mol. The van der Waals surface area contributed by atoms with Crippen molar-refractivity contribution < 1.29 is 0 Å². The summed E-state index contributed by atoms with van der Waals surface area (Å²) in [6, 6.07) is 0. The summed E-state index contributed by atoms with van der Waals surface area (Å²) in [4.78, 5) is 0. The number of aromatic amines is 1. The van der Waals surface area contributed by atoms with E-state index in [-0.39, 0.29) is 0 Å². The Morgan fingerprint density at radius 3 is 2.40 bits per heavy atom. The zero-order valence-electron chi connectivity index (χ0n) is 6.50. The van der Waals surface area contributed by atoms with Gasteiger partial charge in [-0.15, -0.1) is 10.2 Å². The second-order valence-electron chi connectivity index (χ2n) is 2.80. The lowest BCUT2D eigenvalue weighted by Crippen LogP contribution is -2.03. The Balaban J connectivity index is 2.68. The van der Waals surface area contributed by atoms with E-state index in [1.54, 1.807) is 0 Å². The number of hydrogen-bond donors (Lipinski definition) is 1. The van der Waals surface area contributed by atoms with Crippen molar-refractivity contribution in [2.75, 3.05) is 0 Å². The molecule has 1 rings (SSSR count). The molecule has 0 amide bonds. The minimum absolute atomic E-state index is 0.388. The first kappa shape index (κ1) is 7.18.